The summed E-state index contributed by atoms with van der Waals surface area (Å²) in [6, 6.07) is 8.08. The first-order valence-electron chi connectivity index (χ1n) is 7.72. The summed E-state index contributed by atoms with van der Waals surface area (Å²) in [7, 11) is -3.94. The number of benzene rings is 1. The van der Waals surface area contributed by atoms with E-state index < -0.39 is 10.0 Å². The highest BCUT2D eigenvalue weighted by Gasteiger charge is 2.16. The van der Waals surface area contributed by atoms with E-state index in [1.165, 1.54) is 29.2 Å². The van der Waals surface area contributed by atoms with E-state index in [0.29, 0.717) is 17.8 Å². The predicted octanol–water partition coefficient (Wildman–Crippen LogP) is 0.595. The van der Waals surface area contributed by atoms with E-state index in [0.717, 1.165) is 0 Å². The van der Waals surface area contributed by atoms with Gasteiger partial charge in [-0.2, -0.15) is 10.4 Å². The van der Waals surface area contributed by atoms with Crippen molar-refractivity contribution in [2.45, 2.75) is 11.4 Å². The number of rotatable bonds is 6. The standard InChI is InChI=1S/C16H15N7O3S/c17-7-11-8-19-16(21-13-3-1-2-4-14(13)27(18,25)26)22-15(11)12-9-20-23(10-12)5-6-24/h1-4,8-10,24H,5-6H2,(H2,18,25,26)(H,19,21,22). The van der Waals surface area contributed by atoms with E-state index in [-0.39, 0.29) is 28.7 Å². The first-order chi connectivity index (χ1) is 12.9. The van der Waals surface area contributed by atoms with Crippen LogP contribution in [0.15, 0.2) is 47.8 Å². The Kier molecular flexibility index (Phi) is 5.13. The number of nitrogens with zero attached hydrogens (tertiary/aromatic N) is 5. The number of hydrogen-bond donors (Lipinski definition) is 3. The van der Waals surface area contributed by atoms with Gasteiger partial charge in [-0.15, -0.1) is 0 Å². The normalized spacial score (nSPS) is 11.1. The summed E-state index contributed by atoms with van der Waals surface area (Å²) in [6.45, 7) is 0.229. The average molecular weight is 385 g/mol. The monoisotopic (exact) mass is 385 g/mol. The average Bonchev–Trinajstić information content (AvgIpc) is 3.10. The van der Waals surface area contributed by atoms with E-state index in [1.54, 1.807) is 18.3 Å². The number of primary sulfonamides is 1. The summed E-state index contributed by atoms with van der Waals surface area (Å²) >= 11 is 0. The van der Waals surface area contributed by atoms with Gasteiger partial charge in [-0.05, 0) is 12.1 Å². The van der Waals surface area contributed by atoms with Crippen molar-refractivity contribution in [3.05, 3.63) is 48.4 Å². The van der Waals surface area contributed by atoms with E-state index in [1.807, 2.05) is 6.07 Å². The number of aliphatic hydroxyl groups excluding tert-OH is 1. The maximum atomic E-state index is 11.7. The van der Waals surface area contributed by atoms with Gasteiger partial charge in [0.15, 0.2) is 0 Å². The Hall–Kier alpha value is -3.33. The van der Waals surface area contributed by atoms with Crippen molar-refractivity contribution >= 4 is 21.7 Å². The molecule has 1 aromatic carbocycles. The third kappa shape index (κ3) is 4.09. The lowest BCUT2D eigenvalue weighted by molar-refractivity contribution is 0.269. The molecule has 11 heteroatoms. The Morgan fingerprint density at radius 2 is 2.07 bits per heavy atom. The Morgan fingerprint density at radius 1 is 1.30 bits per heavy atom. The zero-order chi connectivity index (χ0) is 19.4. The van der Waals surface area contributed by atoms with Crippen molar-refractivity contribution in [1.82, 2.24) is 19.7 Å². The van der Waals surface area contributed by atoms with Gasteiger partial charge < -0.3 is 10.4 Å². The van der Waals surface area contributed by atoms with Crippen molar-refractivity contribution in [3.63, 3.8) is 0 Å². The number of nitrogens with one attached hydrogen (secondary N) is 1. The molecule has 0 aliphatic heterocycles. The largest absolute Gasteiger partial charge is 0.394 e. The lowest BCUT2D eigenvalue weighted by Gasteiger charge is -2.10. The minimum absolute atomic E-state index is 0.0762. The third-order valence-corrected chi connectivity index (χ3v) is 4.55. The number of nitrogens with two attached hydrogens (primary N) is 1. The molecule has 0 fully saturated rings. The number of aromatic nitrogens is 4. The molecule has 0 bridgehead atoms. The second-order valence-electron chi connectivity index (χ2n) is 5.45. The van der Waals surface area contributed by atoms with E-state index >= 15 is 0 Å². The Labute approximate surface area is 155 Å². The number of aliphatic hydroxyl groups is 1. The van der Waals surface area contributed by atoms with Crippen LogP contribution in [0.2, 0.25) is 0 Å². The minimum atomic E-state index is -3.94. The molecule has 0 spiro atoms. The topological polar surface area (TPSA) is 160 Å². The molecule has 10 nitrogen and oxygen atoms in total. The molecule has 0 atom stereocenters. The summed E-state index contributed by atoms with van der Waals surface area (Å²) in [4.78, 5) is 8.26. The first kappa shape index (κ1) is 18.5. The number of hydrogen-bond acceptors (Lipinski definition) is 8. The summed E-state index contributed by atoms with van der Waals surface area (Å²) in [5, 5.41) is 30.4. The van der Waals surface area contributed by atoms with Gasteiger partial charge in [0.25, 0.3) is 0 Å². The molecule has 0 aliphatic rings. The highest BCUT2D eigenvalue weighted by atomic mass is 32.2. The van der Waals surface area contributed by atoms with Crippen molar-refractivity contribution in [2.75, 3.05) is 11.9 Å². The molecule has 2 heterocycles. The fourth-order valence-corrected chi connectivity index (χ4v) is 3.09. The lowest BCUT2D eigenvalue weighted by atomic mass is 10.1. The number of nitriles is 1. The molecule has 27 heavy (non-hydrogen) atoms. The fourth-order valence-electron chi connectivity index (χ4n) is 2.39. The molecule has 0 radical (unpaired) electrons. The molecule has 3 rings (SSSR count). The molecule has 0 amide bonds. The van der Waals surface area contributed by atoms with Gasteiger partial charge in [0.1, 0.15) is 11.0 Å². The van der Waals surface area contributed by atoms with Crippen molar-refractivity contribution in [3.8, 4) is 17.3 Å². The van der Waals surface area contributed by atoms with Crippen LogP contribution in [-0.2, 0) is 16.6 Å². The van der Waals surface area contributed by atoms with Gasteiger partial charge in [0.05, 0.1) is 42.5 Å². The van der Waals surface area contributed by atoms with Crippen LogP contribution in [0.1, 0.15) is 5.56 Å². The molecule has 0 saturated heterocycles. The summed E-state index contributed by atoms with van der Waals surface area (Å²) < 4.78 is 25.0. The van der Waals surface area contributed by atoms with Gasteiger partial charge in [0, 0.05) is 11.8 Å². The molecular formula is C16H15N7O3S. The predicted molar refractivity (Wildman–Crippen MR) is 96.2 cm³/mol. The van der Waals surface area contributed by atoms with Gasteiger partial charge >= 0.3 is 0 Å². The molecule has 2 aromatic heterocycles. The van der Waals surface area contributed by atoms with Gasteiger partial charge in [-0.3, -0.25) is 4.68 Å². The molecule has 0 unspecified atom stereocenters. The number of anilines is 2. The Morgan fingerprint density at radius 3 is 2.78 bits per heavy atom. The van der Waals surface area contributed by atoms with Gasteiger partial charge in [0.2, 0.25) is 16.0 Å². The molecule has 4 N–H and O–H groups in total. The summed E-state index contributed by atoms with van der Waals surface area (Å²) in [5.74, 6) is 0.0926. The smallest absolute Gasteiger partial charge is 0.240 e. The SMILES string of the molecule is N#Cc1cnc(Nc2ccccc2S(N)(=O)=O)nc1-c1cnn(CCO)c1. The Balaban J connectivity index is 2.01. The van der Waals surface area contributed by atoms with Gasteiger partial charge in [-0.1, -0.05) is 12.1 Å². The highest BCUT2D eigenvalue weighted by molar-refractivity contribution is 7.89. The van der Waals surface area contributed by atoms with Crippen LogP contribution in [0.4, 0.5) is 11.6 Å². The van der Waals surface area contributed by atoms with Crippen LogP contribution < -0.4 is 10.5 Å². The zero-order valence-corrected chi connectivity index (χ0v) is 14.8. The van der Waals surface area contributed by atoms with Crippen molar-refractivity contribution in [1.29, 1.82) is 5.26 Å². The Bertz CT molecular complexity index is 1120. The molecule has 0 saturated carbocycles. The maximum absolute atomic E-state index is 11.7. The third-order valence-electron chi connectivity index (χ3n) is 3.59. The first-order valence-corrected chi connectivity index (χ1v) is 9.26. The molecule has 138 valence electrons. The summed E-state index contributed by atoms with van der Waals surface area (Å²) in [5.41, 5.74) is 1.33. The van der Waals surface area contributed by atoms with Crippen LogP contribution in [0.5, 0.6) is 0 Å². The van der Waals surface area contributed by atoms with Crippen LogP contribution in [0.3, 0.4) is 0 Å². The number of sulfonamides is 1. The maximum Gasteiger partial charge on any atom is 0.240 e. The quantitative estimate of drug-likeness (QED) is 0.556. The van der Waals surface area contributed by atoms with Crippen LogP contribution >= 0.6 is 0 Å². The number of para-hydroxylation sites is 1. The second kappa shape index (κ2) is 7.50. The summed E-state index contributed by atoms with van der Waals surface area (Å²) in [6.07, 6.45) is 4.48. The van der Waals surface area contributed by atoms with Crippen molar-refractivity contribution in [2.24, 2.45) is 5.14 Å². The van der Waals surface area contributed by atoms with Crippen LogP contribution in [-0.4, -0.2) is 39.9 Å². The van der Waals surface area contributed by atoms with Crippen LogP contribution in [0, 0.1) is 11.3 Å². The van der Waals surface area contributed by atoms with E-state index in [9.17, 15) is 13.7 Å². The minimum Gasteiger partial charge on any atom is -0.394 e. The zero-order valence-electron chi connectivity index (χ0n) is 13.9. The molecule has 3 aromatic rings. The lowest BCUT2D eigenvalue weighted by Crippen LogP contribution is -2.14. The highest BCUT2D eigenvalue weighted by Crippen LogP contribution is 2.25. The molecular weight excluding hydrogens is 370 g/mol. The van der Waals surface area contributed by atoms with Crippen molar-refractivity contribution < 1.29 is 13.5 Å². The fraction of sp³-hybridized carbons (Fsp3) is 0.125. The van der Waals surface area contributed by atoms with Crippen LogP contribution in [0.25, 0.3) is 11.3 Å². The molecule has 0 aliphatic carbocycles. The van der Waals surface area contributed by atoms with E-state index in [2.05, 4.69) is 20.4 Å². The van der Waals surface area contributed by atoms with E-state index in [4.69, 9.17) is 10.2 Å². The van der Waals surface area contributed by atoms with Gasteiger partial charge in [-0.25, -0.2) is 23.5 Å². The second-order valence-corrected chi connectivity index (χ2v) is 6.98.